The summed E-state index contributed by atoms with van der Waals surface area (Å²) in [5, 5.41) is 7.72. The minimum absolute atomic E-state index is 0.0225. The van der Waals surface area contributed by atoms with Crippen LogP contribution in [0.25, 0.3) is 6.08 Å². The number of carbonyl (C=O) groups excluding carboxylic acids is 7. The molecule has 1 saturated heterocycles. The van der Waals surface area contributed by atoms with Crippen LogP contribution in [0.3, 0.4) is 0 Å². The molecule has 0 saturated carbocycles. The second-order valence-corrected chi connectivity index (χ2v) is 15.8. The molecule has 0 aliphatic carbocycles. The molecule has 318 valence electrons. The van der Waals surface area contributed by atoms with Gasteiger partial charge in [0.15, 0.2) is 17.3 Å². The number of methoxy groups -OCH3 is 1. The molecule has 15 heteroatoms. The van der Waals surface area contributed by atoms with E-state index in [4.69, 9.17) is 14.2 Å². The minimum atomic E-state index is -1.08. The molecule has 1 unspecified atom stereocenters. The fourth-order valence-corrected chi connectivity index (χ4v) is 8.13. The number of carbonyl (C=O) groups is 7. The lowest BCUT2D eigenvalue weighted by molar-refractivity contribution is -0.136. The van der Waals surface area contributed by atoms with Gasteiger partial charge >= 0.3 is 0 Å². The van der Waals surface area contributed by atoms with E-state index < -0.39 is 29.7 Å². The normalized spacial score (nSPS) is 14.8. The Labute approximate surface area is 357 Å². The number of anilines is 1. The summed E-state index contributed by atoms with van der Waals surface area (Å²) in [6.07, 6.45) is 7.19. The summed E-state index contributed by atoms with van der Waals surface area (Å²) in [6, 6.07) is 18.6. The van der Waals surface area contributed by atoms with Crippen molar-refractivity contribution >= 4 is 64.3 Å². The number of hydrogen-bond acceptors (Lipinski definition) is 11. The van der Waals surface area contributed by atoms with Crippen molar-refractivity contribution in [1.82, 2.24) is 15.5 Å². The Hall–Kier alpha value is -6.61. The molecular formula is C46H48N4O10S. The van der Waals surface area contributed by atoms with Gasteiger partial charge in [0.1, 0.15) is 18.4 Å². The number of ether oxygens (including phenoxy) is 3. The summed E-state index contributed by atoms with van der Waals surface area (Å²) >= 11 is 1.67. The Morgan fingerprint density at radius 2 is 1.69 bits per heavy atom. The van der Waals surface area contributed by atoms with E-state index in [1.807, 2.05) is 37.3 Å². The highest BCUT2D eigenvalue weighted by atomic mass is 32.1. The number of rotatable bonds is 20. The fraction of sp³-hybridized carbons (Fsp3) is 0.326. The molecule has 61 heavy (non-hydrogen) atoms. The molecule has 0 radical (unpaired) electrons. The van der Waals surface area contributed by atoms with Gasteiger partial charge in [-0.25, -0.2) is 0 Å². The van der Waals surface area contributed by atoms with Gasteiger partial charge in [0.05, 0.1) is 30.5 Å². The smallest absolute Gasteiger partial charge is 0.264 e. The SMILES string of the molecule is CCOc1cc(C(=O)/C=C/c2ccc(OCc3ccc(CCCCCC(=O)Nc4cccc5c4C(=O)N(C4CCC(=O)NC4=O)C5=O)s3)cc2)c(CCNC(C)=O)cc1OC. The number of fused-ring (bicyclic) bond motifs is 1. The number of thiophene rings is 1. The number of piperidine rings is 1. The van der Waals surface area contributed by atoms with Crippen molar-refractivity contribution < 1.29 is 47.8 Å². The zero-order chi connectivity index (χ0) is 43.5. The van der Waals surface area contributed by atoms with Crippen molar-refractivity contribution in [3.8, 4) is 17.2 Å². The maximum Gasteiger partial charge on any atom is 0.264 e. The maximum atomic E-state index is 13.4. The molecule has 1 fully saturated rings. The van der Waals surface area contributed by atoms with Crippen molar-refractivity contribution in [3.63, 3.8) is 0 Å². The number of hydrogen-bond donors (Lipinski definition) is 3. The summed E-state index contributed by atoms with van der Waals surface area (Å²) in [7, 11) is 1.54. The van der Waals surface area contributed by atoms with Crippen LogP contribution in [-0.4, -0.2) is 72.4 Å². The molecular weight excluding hydrogens is 801 g/mol. The summed E-state index contributed by atoms with van der Waals surface area (Å²) in [5.41, 5.74) is 2.41. The Balaban J connectivity index is 0.930. The third-order valence-corrected chi connectivity index (χ3v) is 11.3. The Morgan fingerprint density at radius 1 is 0.902 bits per heavy atom. The van der Waals surface area contributed by atoms with Crippen LogP contribution in [0.5, 0.6) is 17.2 Å². The number of unbranched alkanes of at least 4 members (excludes halogenated alkanes) is 2. The maximum absolute atomic E-state index is 13.4. The fourth-order valence-electron chi connectivity index (χ4n) is 7.16. The van der Waals surface area contributed by atoms with Gasteiger partial charge < -0.3 is 24.8 Å². The molecule has 6 rings (SSSR count). The van der Waals surface area contributed by atoms with E-state index in [-0.39, 0.29) is 53.7 Å². The third kappa shape index (κ3) is 11.2. The summed E-state index contributed by atoms with van der Waals surface area (Å²) in [4.78, 5) is 91.2. The first kappa shape index (κ1) is 44.0. The van der Waals surface area contributed by atoms with Crippen LogP contribution < -0.4 is 30.2 Å². The zero-order valence-corrected chi connectivity index (χ0v) is 35.1. The molecule has 0 spiro atoms. The largest absolute Gasteiger partial charge is 0.493 e. The predicted molar refractivity (Wildman–Crippen MR) is 229 cm³/mol. The van der Waals surface area contributed by atoms with Gasteiger partial charge in [0, 0.05) is 41.6 Å². The summed E-state index contributed by atoms with van der Waals surface area (Å²) < 4.78 is 17.2. The highest BCUT2D eigenvalue weighted by Gasteiger charge is 2.45. The van der Waals surface area contributed by atoms with Crippen molar-refractivity contribution in [2.75, 3.05) is 25.6 Å². The summed E-state index contributed by atoms with van der Waals surface area (Å²) in [6.45, 7) is 4.50. The van der Waals surface area contributed by atoms with Gasteiger partial charge in [-0.1, -0.05) is 30.7 Å². The average molecular weight is 849 g/mol. The number of nitrogens with one attached hydrogen (secondary N) is 3. The van der Waals surface area contributed by atoms with Crippen LogP contribution in [0.4, 0.5) is 5.69 Å². The number of amides is 6. The molecule has 0 bridgehead atoms. The van der Waals surface area contributed by atoms with Crippen LogP contribution in [-0.2, 0) is 38.6 Å². The molecule has 2 aliphatic heterocycles. The van der Waals surface area contributed by atoms with Crippen molar-refractivity contribution in [2.24, 2.45) is 0 Å². The van der Waals surface area contributed by atoms with E-state index in [0.29, 0.717) is 55.4 Å². The number of aryl methyl sites for hydroxylation is 1. The van der Waals surface area contributed by atoms with Gasteiger partial charge in [0.25, 0.3) is 11.8 Å². The molecule has 4 aromatic rings. The van der Waals surface area contributed by atoms with Crippen molar-refractivity contribution in [1.29, 1.82) is 0 Å². The third-order valence-electron chi connectivity index (χ3n) is 10.2. The van der Waals surface area contributed by atoms with E-state index >= 15 is 0 Å². The van der Waals surface area contributed by atoms with Crippen molar-refractivity contribution in [3.05, 3.63) is 110 Å². The van der Waals surface area contributed by atoms with Crippen LogP contribution >= 0.6 is 11.3 Å². The van der Waals surface area contributed by atoms with Gasteiger partial charge in [-0.05, 0) is 105 Å². The highest BCUT2D eigenvalue weighted by Crippen LogP contribution is 2.34. The van der Waals surface area contributed by atoms with E-state index in [1.165, 1.54) is 23.9 Å². The molecule has 2 aliphatic rings. The van der Waals surface area contributed by atoms with E-state index in [2.05, 4.69) is 22.0 Å². The van der Waals surface area contributed by atoms with Gasteiger partial charge in [0.2, 0.25) is 23.6 Å². The van der Waals surface area contributed by atoms with Gasteiger partial charge in [-0.2, -0.15) is 0 Å². The number of benzene rings is 3. The molecule has 6 amide bonds. The molecule has 14 nitrogen and oxygen atoms in total. The first-order valence-electron chi connectivity index (χ1n) is 20.2. The Morgan fingerprint density at radius 3 is 2.43 bits per heavy atom. The number of imide groups is 2. The topological polar surface area (TPSA) is 187 Å². The first-order valence-corrected chi connectivity index (χ1v) is 21.0. The van der Waals surface area contributed by atoms with Crippen LogP contribution in [0.1, 0.15) is 104 Å². The predicted octanol–water partition coefficient (Wildman–Crippen LogP) is 6.45. The zero-order valence-electron chi connectivity index (χ0n) is 34.3. The van der Waals surface area contributed by atoms with Crippen LogP contribution in [0.2, 0.25) is 0 Å². The number of allylic oxidation sites excluding steroid dienone is 1. The highest BCUT2D eigenvalue weighted by molar-refractivity contribution is 7.11. The quantitative estimate of drug-likeness (QED) is 0.0386. The molecule has 3 heterocycles. The standard InChI is InChI=1S/C46H48N4O10S/c1-4-59-40-26-35(30(25-39(40)58-3)23-24-47-28(2)51)38(52)21-15-29-13-16-31(17-14-29)60-27-33-19-18-32(61-33)9-6-5-7-12-41(53)48-36-11-8-10-34-43(36)46(57)50(45(34)56)37-20-22-42(54)49-44(37)55/h8,10-11,13-19,21,25-26,37H,4-7,9,12,20,22-24,27H2,1-3H3,(H,47,51)(H,48,53)(H,49,54,55)/b21-15+. The first-order chi connectivity index (χ1) is 29.4. The minimum Gasteiger partial charge on any atom is -0.493 e. The van der Waals surface area contributed by atoms with Crippen molar-refractivity contribution in [2.45, 2.75) is 77.9 Å². The Bertz CT molecular complexity index is 2350. The molecule has 1 atom stereocenters. The van der Waals surface area contributed by atoms with E-state index in [1.54, 1.807) is 48.8 Å². The van der Waals surface area contributed by atoms with Crippen LogP contribution in [0, 0.1) is 0 Å². The van der Waals surface area contributed by atoms with Gasteiger partial charge in [-0.3, -0.25) is 43.8 Å². The molecule has 3 aromatic carbocycles. The van der Waals surface area contributed by atoms with Gasteiger partial charge in [-0.15, -0.1) is 11.3 Å². The summed E-state index contributed by atoms with van der Waals surface area (Å²) in [5.74, 6) is -1.38. The lowest BCUT2D eigenvalue weighted by Gasteiger charge is -2.27. The lowest BCUT2D eigenvalue weighted by Crippen LogP contribution is -2.54. The van der Waals surface area contributed by atoms with Crippen LogP contribution in [0.15, 0.2) is 72.8 Å². The molecule has 1 aromatic heterocycles. The monoisotopic (exact) mass is 848 g/mol. The number of ketones is 1. The Kier molecular flexibility index (Phi) is 14.8. The average Bonchev–Trinajstić information content (AvgIpc) is 3.80. The second-order valence-electron chi connectivity index (χ2n) is 14.5. The van der Waals surface area contributed by atoms with E-state index in [9.17, 15) is 33.6 Å². The van der Waals surface area contributed by atoms with E-state index in [0.717, 1.165) is 40.2 Å². The lowest BCUT2D eigenvalue weighted by atomic mass is 9.99. The second kappa shape index (κ2) is 20.6. The molecule has 3 N–H and O–H groups in total. The number of nitrogens with zero attached hydrogens (tertiary/aromatic N) is 1.